The zero-order valence-corrected chi connectivity index (χ0v) is 59.5. The van der Waals surface area contributed by atoms with E-state index in [9.17, 15) is 61.0 Å². The van der Waals surface area contributed by atoms with Crippen molar-refractivity contribution in [2.45, 2.75) is 330 Å². The molecule has 3 heterocycles. The third kappa shape index (κ3) is 38.8. The topological polar surface area (TPSA) is 307 Å². The van der Waals surface area contributed by atoms with Gasteiger partial charge in [-0.2, -0.15) is 0 Å². The summed E-state index contributed by atoms with van der Waals surface area (Å²) >= 11 is 0. The number of aliphatic hydroxyl groups excluding tert-OH is 11. The summed E-state index contributed by atoms with van der Waals surface area (Å²) in [6.45, 7) is 1.59. The Kier molecular flexibility index (Phi) is 52.6. The molecule has 3 fully saturated rings. The Bertz CT molecular complexity index is 2290. The highest BCUT2D eigenvalue weighted by molar-refractivity contribution is 5.76. The summed E-state index contributed by atoms with van der Waals surface area (Å²) in [7, 11) is 0. The molecule has 3 rings (SSSR count). The first-order valence-electron chi connectivity index (χ1n) is 37.4. The maximum atomic E-state index is 13.4. The lowest BCUT2D eigenvalue weighted by molar-refractivity contribution is -0.379. The number of carbonyl (C=O) groups excluding carboxylic acids is 1. The van der Waals surface area contributed by atoms with E-state index in [2.05, 4.69) is 141 Å². The van der Waals surface area contributed by atoms with Crippen LogP contribution in [0.3, 0.4) is 0 Å². The van der Waals surface area contributed by atoms with E-state index < -0.39 is 124 Å². The number of hydrogen-bond acceptors (Lipinski definition) is 18. The van der Waals surface area contributed by atoms with E-state index in [0.717, 1.165) is 135 Å². The Labute approximate surface area is 588 Å². The number of hydrogen-bond donors (Lipinski definition) is 12. The van der Waals surface area contributed by atoms with Crippen LogP contribution in [0.1, 0.15) is 226 Å². The maximum absolute atomic E-state index is 13.4. The summed E-state index contributed by atoms with van der Waals surface area (Å²) in [6.07, 6.45) is 55.7. The molecular formula is C79H131NO18. The molecule has 0 bridgehead atoms. The number of amides is 1. The van der Waals surface area contributed by atoms with Gasteiger partial charge in [-0.25, -0.2) is 0 Å². The first kappa shape index (κ1) is 88.1. The molecule has 1 amide bonds. The van der Waals surface area contributed by atoms with Crippen LogP contribution in [0.2, 0.25) is 0 Å². The Morgan fingerprint density at radius 1 is 0.378 bits per heavy atom. The molecule has 0 saturated carbocycles. The van der Waals surface area contributed by atoms with Crippen molar-refractivity contribution in [1.29, 1.82) is 0 Å². The molecule has 12 N–H and O–H groups in total. The number of nitrogens with one attached hydrogen (secondary N) is 1. The molecule has 3 aliphatic heterocycles. The normalized spacial score (nSPS) is 27.5. The van der Waals surface area contributed by atoms with Gasteiger partial charge in [-0.05, 0) is 96.3 Å². The molecule has 17 atom stereocenters. The van der Waals surface area contributed by atoms with Crippen LogP contribution in [0.5, 0.6) is 0 Å². The molecule has 0 aromatic carbocycles. The highest BCUT2D eigenvalue weighted by Crippen LogP contribution is 2.33. The van der Waals surface area contributed by atoms with E-state index in [1.165, 1.54) is 64.2 Å². The van der Waals surface area contributed by atoms with Crippen molar-refractivity contribution in [3.63, 3.8) is 0 Å². The van der Waals surface area contributed by atoms with Gasteiger partial charge in [0.15, 0.2) is 18.9 Å². The maximum Gasteiger partial charge on any atom is 0.220 e. The molecular weight excluding hydrogens is 1250 g/mol. The second-order valence-corrected chi connectivity index (χ2v) is 26.0. The van der Waals surface area contributed by atoms with Gasteiger partial charge in [0.2, 0.25) is 5.91 Å². The number of rotatable bonds is 56. The monoisotopic (exact) mass is 1380 g/mol. The van der Waals surface area contributed by atoms with Crippen molar-refractivity contribution in [3.8, 4) is 0 Å². The fourth-order valence-electron chi connectivity index (χ4n) is 11.7. The Morgan fingerprint density at radius 3 is 1.10 bits per heavy atom. The average Bonchev–Trinajstić information content (AvgIpc) is 0.785. The summed E-state index contributed by atoms with van der Waals surface area (Å²) < 4.78 is 34.3. The molecule has 0 aromatic heterocycles. The number of allylic oxidation sites excluding steroid dienone is 21. The van der Waals surface area contributed by atoms with Crippen molar-refractivity contribution in [1.82, 2.24) is 5.32 Å². The highest BCUT2D eigenvalue weighted by atomic mass is 16.8. The molecule has 0 spiro atoms. The van der Waals surface area contributed by atoms with Crippen LogP contribution in [0.25, 0.3) is 0 Å². The van der Waals surface area contributed by atoms with Gasteiger partial charge in [0.1, 0.15) is 73.2 Å². The third-order valence-electron chi connectivity index (χ3n) is 17.7. The Balaban J connectivity index is 1.35. The van der Waals surface area contributed by atoms with Crippen LogP contribution in [0.4, 0.5) is 0 Å². The second kappa shape index (κ2) is 58.4. The zero-order chi connectivity index (χ0) is 71.1. The average molecular weight is 1380 g/mol. The number of ether oxygens (including phenoxy) is 6. The molecule has 17 unspecified atom stereocenters. The Morgan fingerprint density at radius 2 is 0.704 bits per heavy atom. The predicted octanol–water partition coefficient (Wildman–Crippen LogP) is 11.3. The first-order chi connectivity index (χ1) is 47.8. The summed E-state index contributed by atoms with van der Waals surface area (Å²) in [5, 5.41) is 121. The molecule has 3 saturated heterocycles. The molecule has 98 heavy (non-hydrogen) atoms. The lowest BCUT2D eigenvalue weighted by Gasteiger charge is -2.48. The molecule has 0 aromatic rings. The number of aliphatic hydroxyl groups is 11. The van der Waals surface area contributed by atoms with E-state index in [4.69, 9.17) is 28.4 Å². The molecule has 0 aliphatic carbocycles. The SMILES string of the molecule is CC/C=C\C/C=C\C/C=C\C/C=C\C/C=C\C/C=C\C/C=C\C/C=C\C/C=C\C/C=C\CCCCCCCCCCC(=O)NC(COC1OC(CO)C(OC2OC(CO)C(OC3OC(CO)C(O)C(O)C3O)C(O)C2O)C(O)C1O)C(O)/C=C/CCCCCCCCCCCCCC. The summed E-state index contributed by atoms with van der Waals surface area (Å²) in [4.78, 5) is 13.4. The Hall–Kier alpha value is -4.07. The van der Waals surface area contributed by atoms with E-state index in [0.29, 0.717) is 6.42 Å². The fraction of sp³-hybridized carbons (Fsp3) is 0.709. The van der Waals surface area contributed by atoms with E-state index >= 15 is 0 Å². The summed E-state index contributed by atoms with van der Waals surface area (Å²) in [5.41, 5.74) is 0. The fourth-order valence-corrected chi connectivity index (χ4v) is 11.7. The minimum atomic E-state index is -1.98. The zero-order valence-electron chi connectivity index (χ0n) is 59.5. The van der Waals surface area contributed by atoms with E-state index in [-0.39, 0.29) is 18.9 Å². The molecule has 3 aliphatic rings. The van der Waals surface area contributed by atoms with Crippen molar-refractivity contribution in [2.75, 3.05) is 26.4 Å². The van der Waals surface area contributed by atoms with Gasteiger partial charge >= 0.3 is 0 Å². The smallest absolute Gasteiger partial charge is 0.220 e. The van der Waals surface area contributed by atoms with Gasteiger partial charge < -0.3 is 89.9 Å². The van der Waals surface area contributed by atoms with Gasteiger partial charge in [0, 0.05) is 6.42 Å². The van der Waals surface area contributed by atoms with Crippen LogP contribution < -0.4 is 5.32 Å². The number of carbonyl (C=O) groups is 1. The molecule has 0 radical (unpaired) electrons. The van der Waals surface area contributed by atoms with Crippen molar-refractivity contribution < 1.29 is 89.4 Å². The molecule has 19 heteroatoms. The van der Waals surface area contributed by atoms with Gasteiger partial charge in [0.25, 0.3) is 0 Å². The summed E-state index contributed by atoms with van der Waals surface area (Å²) in [6, 6.07) is -0.987. The van der Waals surface area contributed by atoms with E-state index in [1.807, 2.05) is 6.08 Å². The lowest BCUT2D eigenvalue weighted by Crippen LogP contribution is -2.66. The summed E-state index contributed by atoms with van der Waals surface area (Å²) in [5.74, 6) is -0.290. The standard InChI is InChI=1S/C79H131NO18/c1-3-5-7-9-11-13-15-17-19-20-21-22-23-24-25-26-27-28-29-30-31-32-33-34-35-36-37-38-39-40-41-42-43-45-47-49-51-53-55-57-67(85)80-62(63(84)56-54-52-50-48-46-44-18-16-14-12-10-8-6-4-2)61-93-77-73(91)70(88)75(65(59-82)95-77)98-79-74(92)71(89)76(66(60-83)96-79)97-78-72(90)69(87)68(86)64(58-81)94-78/h5,7,11,13,17,19,21-22,24-25,27-28,30-31,33-34,36-37,39-40,54,56,62-66,68-79,81-84,86-92H,3-4,6,8-10,12,14-16,18,20,23,26,29,32,35,38,41-53,55,57-61H2,1-2H3,(H,80,85)/b7-5-,13-11-,19-17-,22-21-,25-24-,28-27-,31-30-,34-33-,37-36-,40-39-,56-54+. The second-order valence-electron chi connectivity index (χ2n) is 26.0. The minimum absolute atomic E-state index is 0.225. The first-order valence-corrected chi connectivity index (χ1v) is 37.4. The van der Waals surface area contributed by atoms with E-state index in [1.54, 1.807) is 6.08 Å². The van der Waals surface area contributed by atoms with Gasteiger partial charge in [-0.15, -0.1) is 0 Å². The minimum Gasteiger partial charge on any atom is -0.394 e. The largest absolute Gasteiger partial charge is 0.394 e. The van der Waals surface area contributed by atoms with Crippen molar-refractivity contribution >= 4 is 5.91 Å². The van der Waals surface area contributed by atoms with Crippen LogP contribution >= 0.6 is 0 Å². The van der Waals surface area contributed by atoms with Crippen molar-refractivity contribution in [2.24, 2.45) is 0 Å². The van der Waals surface area contributed by atoms with Gasteiger partial charge in [-0.3, -0.25) is 4.79 Å². The third-order valence-corrected chi connectivity index (χ3v) is 17.7. The highest BCUT2D eigenvalue weighted by Gasteiger charge is 2.53. The number of unbranched alkanes of at least 4 members (excludes halogenated alkanes) is 20. The van der Waals surface area contributed by atoms with Crippen LogP contribution in [0.15, 0.2) is 134 Å². The van der Waals surface area contributed by atoms with Gasteiger partial charge in [0.05, 0.1) is 38.6 Å². The van der Waals surface area contributed by atoms with Crippen LogP contribution in [-0.2, 0) is 33.2 Å². The van der Waals surface area contributed by atoms with Crippen molar-refractivity contribution in [3.05, 3.63) is 134 Å². The van der Waals surface area contributed by atoms with Gasteiger partial charge in [-0.1, -0.05) is 257 Å². The predicted molar refractivity (Wildman–Crippen MR) is 387 cm³/mol. The van der Waals surface area contributed by atoms with Crippen LogP contribution in [-0.4, -0.2) is 193 Å². The molecule has 19 nitrogen and oxygen atoms in total. The lowest BCUT2D eigenvalue weighted by atomic mass is 9.96. The van der Waals surface area contributed by atoms with Crippen LogP contribution in [0, 0.1) is 0 Å². The quantitative estimate of drug-likeness (QED) is 0.0199. The molecule has 560 valence electrons.